The fourth-order valence-corrected chi connectivity index (χ4v) is 17.4. The van der Waals surface area contributed by atoms with Crippen molar-refractivity contribution in [2.75, 3.05) is 19.8 Å². The van der Waals surface area contributed by atoms with Crippen LogP contribution in [0.5, 0.6) is 0 Å². The molecule has 5 rings (SSSR count). The molecule has 0 unspecified atom stereocenters. The molecule has 0 bridgehead atoms. The third-order valence-corrected chi connectivity index (χ3v) is 21.0. The third-order valence-electron chi connectivity index (χ3n) is 10.9. The van der Waals surface area contributed by atoms with Crippen molar-refractivity contribution in [3.63, 3.8) is 0 Å². The van der Waals surface area contributed by atoms with E-state index in [-0.39, 0.29) is 24.8 Å². The average Bonchev–Trinajstić information content (AvgIpc) is 3.23. The summed E-state index contributed by atoms with van der Waals surface area (Å²) in [5.41, 5.74) is 10.6. The largest absolute Gasteiger partial charge is 0.459 e. The van der Waals surface area contributed by atoms with E-state index in [2.05, 4.69) is 130 Å². The summed E-state index contributed by atoms with van der Waals surface area (Å²) in [6, 6.07) is 49.7. The molecule has 0 amide bonds. The van der Waals surface area contributed by atoms with Crippen LogP contribution in [0.25, 0.3) is 10.4 Å². The fraction of sp³-hybridized carbons (Fsp3) is 0.380. The first-order chi connectivity index (χ1) is 29.0. The second kappa shape index (κ2) is 20.8. The molecule has 0 saturated heterocycles. The number of hydrogen-bond donors (Lipinski definition) is 1. The number of carbonyl (C=O) groups excluding carboxylic acids is 1. The van der Waals surface area contributed by atoms with Gasteiger partial charge in [-0.25, -0.2) is 0 Å². The number of esters is 1. The topological polar surface area (TPSA) is 115 Å². The van der Waals surface area contributed by atoms with E-state index in [9.17, 15) is 10.3 Å². The van der Waals surface area contributed by atoms with E-state index < -0.39 is 51.4 Å². The second-order valence-electron chi connectivity index (χ2n) is 18.6. The fourth-order valence-electron chi connectivity index (χ4n) is 8.14. The summed E-state index contributed by atoms with van der Waals surface area (Å²) >= 11 is 0. The molecule has 0 saturated carbocycles. The van der Waals surface area contributed by atoms with Crippen molar-refractivity contribution in [2.45, 2.75) is 103 Å². The van der Waals surface area contributed by atoms with Crippen molar-refractivity contribution < 1.29 is 23.1 Å². The van der Waals surface area contributed by atoms with E-state index in [1.54, 1.807) is 0 Å². The monoisotopic (exact) mass is 856 g/mol. The van der Waals surface area contributed by atoms with Crippen molar-refractivity contribution in [1.82, 2.24) is 5.32 Å². The van der Waals surface area contributed by atoms with Gasteiger partial charge in [0.2, 0.25) is 0 Å². The molecule has 11 heteroatoms. The Morgan fingerprint density at radius 1 is 0.623 bits per heavy atom. The SMILES string of the molecule is CC(C)(C)OC(=O)[C@H](COCc1ccccc1)NC[C@H](O[Si](c1ccccc1)(c1ccccc1)C(C)(C)C)[C@@H](CO[Si](c1ccccc1)(c1ccccc1)C(C)(C)C)N=[N+]=[N-]. The minimum atomic E-state index is -3.27. The molecular weight excluding hydrogens is 793 g/mol. The lowest BCUT2D eigenvalue weighted by Gasteiger charge is -2.47. The molecule has 1 N–H and O–H groups in total. The number of nitrogens with zero attached hydrogens (tertiary/aromatic N) is 3. The summed E-state index contributed by atoms with van der Waals surface area (Å²) < 4.78 is 27.4. The van der Waals surface area contributed by atoms with E-state index in [0.717, 1.165) is 26.3 Å². The van der Waals surface area contributed by atoms with E-state index in [1.807, 2.05) is 99.6 Å². The third kappa shape index (κ3) is 11.8. The van der Waals surface area contributed by atoms with E-state index in [4.69, 9.17) is 18.3 Å². The second-order valence-corrected chi connectivity index (χ2v) is 27.1. The summed E-state index contributed by atoms with van der Waals surface area (Å²) in [5, 5.41) is 11.6. The van der Waals surface area contributed by atoms with Gasteiger partial charge in [-0.1, -0.05) is 198 Å². The van der Waals surface area contributed by atoms with E-state index in [0.29, 0.717) is 6.61 Å². The average molecular weight is 857 g/mol. The molecule has 61 heavy (non-hydrogen) atoms. The van der Waals surface area contributed by atoms with Crippen LogP contribution in [0.3, 0.4) is 0 Å². The van der Waals surface area contributed by atoms with E-state index in [1.165, 1.54) is 0 Å². The van der Waals surface area contributed by atoms with Crippen LogP contribution in [-0.4, -0.2) is 66.2 Å². The van der Waals surface area contributed by atoms with Crippen LogP contribution in [0.4, 0.5) is 0 Å². The molecule has 5 aromatic carbocycles. The van der Waals surface area contributed by atoms with Gasteiger partial charge in [0.1, 0.15) is 11.6 Å². The first-order valence-electron chi connectivity index (χ1n) is 21.2. The molecule has 322 valence electrons. The van der Waals surface area contributed by atoms with Crippen molar-refractivity contribution in [3.05, 3.63) is 168 Å². The molecule has 5 aromatic rings. The van der Waals surface area contributed by atoms with Gasteiger partial charge in [-0.3, -0.25) is 10.1 Å². The van der Waals surface area contributed by atoms with Crippen molar-refractivity contribution >= 4 is 43.4 Å². The molecular formula is C50H64N4O5Si2. The first-order valence-corrected chi connectivity index (χ1v) is 25.0. The van der Waals surface area contributed by atoms with Crippen LogP contribution in [0.1, 0.15) is 67.9 Å². The van der Waals surface area contributed by atoms with Gasteiger partial charge in [-0.15, -0.1) is 0 Å². The van der Waals surface area contributed by atoms with Crippen LogP contribution < -0.4 is 26.1 Å². The lowest BCUT2D eigenvalue weighted by molar-refractivity contribution is -0.159. The highest BCUT2D eigenvalue weighted by Crippen LogP contribution is 2.39. The molecule has 0 aromatic heterocycles. The summed E-state index contributed by atoms with van der Waals surface area (Å²) in [6.45, 7) is 19.4. The Morgan fingerprint density at radius 3 is 1.43 bits per heavy atom. The van der Waals surface area contributed by atoms with Gasteiger partial charge in [0.25, 0.3) is 16.6 Å². The van der Waals surface area contributed by atoms with Crippen molar-refractivity contribution in [3.8, 4) is 0 Å². The Hall–Kier alpha value is -4.85. The number of benzene rings is 5. The molecule has 0 aliphatic rings. The highest BCUT2D eigenvalue weighted by molar-refractivity contribution is 7.00. The number of carbonyl (C=O) groups is 1. The maximum absolute atomic E-state index is 14.0. The van der Waals surface area contributed by atoms with Crippen LogP contribution >= 0.6 is 0 Å². The Kier molecular flexibility index (Phi) is 16.1. The quantitative estimate of drug-likeness (QED) is 0.0292. The molecule has 3 atom stereocenters. The Balaban J connectivity index is 1.64. The Bertz CT molecular complexity index is 2060. The number of hydrogen-bond acceptors (Lipinski definition) is 7. The van der Waals surface area contributed by atoms with Gasteiger partial charge in [0.15, 0.2) is 0 Å². The molecule has 0 fully saturated rings. The summed E-state index contributed by atoms with van der Waals surface area (Å²) in [5.74, 6) is -0.450. The van der Waals surface area contributed by atoms with Gasteiger partial charge in [-0.2, -0.15) is 0 Å². The normalized spacial score (nSPS) is 14.0. The zero-order valence-electron chi connectivity index (χ0n) is 37.4. The molecule has 0 aliphatic carbocycles. The molecule has 0 radical (unpaired) electrons. The number of nitrogens with one attached hydrogen (secondary N) is 1. The summed E-state index contributed by atoms with van der Waals surface area (Å²) in [4.78, 5) is 17.4. The molecule has 0 heterocycles. The van der Waals surface area contributed by atoms with Gasteiger partial charge in [-0.05, 0) is 62.7 Å². The van der Waals surface area contributed by atoms with Crippen LogP contribution in [0.15, 0.2) is 157 Å². The van der Waals surface area contributed by atoms with Crippen LogP contribution in [0, 0.1) is 0 Å². The number of azide groups is 1. The van der Waals surface area contributed by atoms with Gasteiger partial charge in [0, 0.05) is 18.1 Å². The van der Waals surface area contributed by atoms with Gasteiger partial charge in [0.05, 0.1) is 25.4 Å². The number of rotatable bonds is 19. The minimum absolute atomic E-state index is 0.0422. The van der Waals surface area contributed by atoms with Crippen molar-refractivity contribution in [1.29, 1.82) is 0 Å². The highest BCUT2D eigenvalue weighted by Gasteiger charge is 2.54. The van der Waals surface area contributed by atoms with E-state index >= 15 is 0 Å². The summed E-state index contributed by atoms with van der Waals surface area (Å²) in [7, 11) is -6.36. The lowest BCUT2D eigenvalue weighted by Crippen LogP contribution is -2.70. The van der Waals surface area contributed by atoms with Gasteiger partial charge >= 0.3 is 5.97 Å². The maximum atomic E-state index is 14.0. The molecule has 9 nitrogen and oxygen atoms in total. The lowest BCUT2D eigenvalue weighted by atomic mass is 10.1. The Morgan fingerprint density at radius 2 is 1.03 bits per heavy atom. The minimum Gasteiger partial charge on any atom is -0.459 e. The van der Waals surface area contributed by atoms with Crippen molar-refractivity contribution in [2.24, 2.45) is 5.11 Å². The first kappa shape index (κ1) is 47.2. The van der Waals surface area contributed by atoms with Crippen LogP contribution in [-0.2, 0) is 29.7 Å². The zero-order chi connectivity index (χ0) is 44.2. The maximum Gasteiger partial charge on any atom is 0.326 e. The molecule has 0 aliphatic heterocycles. The van der Waals surface area contributed by atoms with Gasteiger partial charge < -0.3 is 18.3 Å². The predicted octanol–water partition coefficient (Wildman–Crippen LogP) is 8.70. The smallest absolute Gasteiger partial charge is 0.326 e. The predicted molar refractivity (Wildman–Crippen MR) is 253 cm³/mol. The molecule has 0 spiro atoms. The highest BCUT2D eigenvalue weighted by atomic mass is 28.4. The standard InChI is InChI=1S/C50H64N4O5Si2/c1-48(2,3)58-47(55)45(37-56-36-39-25-15-10-16-26-39)52-35-46(59-61(50(7,8)9,42-31-21-13-22-32-42)43-33-23-14-24-34-43)44(53-54-51)38-57-60(49(4,5)6,40-27-17-11-18-28-40)41-29-19-12-20-30-41/h10-34,44-46,52H,35-38H2,1-9H3/t44-,45+,46+/m1/s1. The summed E-state index contributed by atoms with van der Waals surface area (Å²) in [6.07, 6.45) is -0.778. The van der Waals surface area contributed by atoms with Crippen LogP contribution in [0.2, 0.25) is 10.1 Å². The Labute approximate surface area is 365 Å². The number of ether oxygens (including phenoxy) is 2. The zero-order valence-corrected chi connectivity index (χ0v) is 39.4.